The fraction of sp³-hybridized carbons (Fsp3) is 0.360. The third-order valence-electron chi connectivity index (χ3n) is 6.05. The van der Waals surface area contributed by atoms with Crippen LogP contribution in [0.5, 0.6) is 0 Å². The zero-order valence-electron chi connectivity index (χ0n) is 18.7. The van der Waals surface area contributed by atoms with Crippen LogP contribution in [0.2, 0.25) is 5.15 Å². The van der Waals surface area contributed by atoms with Gasteiger partial charge in [0.15, 0.2) is 5.78 Å². The SMILES string of the molecule is O=C(C[C@@H](Cc1ccc(F)cc1)C(=O)NCCCN1CCCC1=O)c1cc2cc(Cl)ncc2[nH]1. The highest BCUT2D eigenvalue weighted by molar-refractivity contribution is 6.30. The molecular weight excluding hydrogens is 459 g/mol. The van der Waals surface area contributed by atoms with Crippen molar-refractivity contribution in [2.45, 2.75) is 32.1 Å². The number of pyridine rings is 1. The van der Waals surface area contributed by atoms with Gasteiger partial charge in [0, 0.05) is 43.8 Å². The number of aromatic nitrogens is 2. The number of halogens is 2. The van der Waals surface area contributed by atoms with Crippen molar-refractivity contribution in [2.24, 2.45) is 5.92 Å². The van der Waals surface area contributed by atoms with Gasteiger partial charge in [0.1, 0.15) is 11.0 Å². The third-order valence-corrected chi connectivity index (χ3v) is 6.25. The fourth-order valence-electron chi connectivity index (χ4n) is 4.22. The molecule has 34 heavy (non-hydrogen) atoms. The molecule has 7 nitrogen and oxygen atoms in total. The lowest BCUT2D eigenvalue weighted by molar-refractivity contribution is -0.127. The lowest BCUT2D eigenvalue weighted by Crippen LogP contribution is -2.35. The number of nitrogens with zero attached hydrogens (tertiary/aromatic N) is 2. The number of carbonyl (C=O) groups excluding carboxylic acids is 3. The monoisotopic (exact) mass is 484 g/mol. The molecule has 2 aromatic heterocycles. The Balaban J connectivity index is 1.41. The van der Waals surface area contributed by atoms with Crippen LogP contribution in [0.3, 0.4) is 0 Å². The standard InChI is InChI=1S/C25H26ClFN4O3/c26-23-14-17-12-20(30-21(17)15-29-23)22(32)13-18(11-16-4-6-19(27)7-5-16)25(34)28-8-2-10-31-9-1-3-24(31)33/h4-7,12,14-15,18,30H,1-3,8-11,13H2,(H,28,34)/t18-/m1/s1. The molecule has 1 aliphatic rings. The van der Waals surface area contributed by atoms with Crippen LogP contribution in [-0.2, 0) is 16.0 Å². The topological polar surface area (TPSA) is 95.2 Å². The number of benzene rings is 1. The molecule has 3 heterocycles. The molecule has 0 unspecified atom stereocenters. The Hall–Kier alpha value is -3.26. The summed E-state index contributed by atoms with van der Waals surface area (Å²) < 4.78 is 13.3. The van der Waals surface area contributed by atoms with Gasteiger partial charge in [-0.05, 0) is 49.1 Å². The molecule has 2 amide bonds. The Morgan fingerprint density at radius 1 is 1.24 bits per heavy atom. The summed E-state index contributed by atoms with van der Waals surface area (Å²) in [5, 5.41) is 3.99. The van der Waals surface area contributed by atoms with E-state index in [9.17, 15) is 18.8 Å². The van der Waals surface area contributed by atoms with Gasteiger partial charge in [-0.3, -0.25) is 14.4 Å². The normalized spacial score (nSPS) is 14.5. The predicted octanol–water partition coefficient (Wildman–Crippen LogP) is 3.92. The summed E-state index contributed by atoms with van der Waals surface area (Å²) in [6.07, 6.45) is 3.96. The molecule has 9 heteroatoms. The summed E-state index contributed by atoms with van der Waals surface area (Å²) in [7, 11) is 0. The highest BCUT2D eigenvalue weighted by Crippen LogP contribution is 2.21. The summed E-state index contributed by atoms with van der Waals surface area (Å²) in [4.78, 5) is 46.6. The maximum Gasteiger partial charge on any atom is 0.223 e. The van der Waals surface area contributed by atoms with E-state index in [1.54, 1.807) is 30.5 Å². The highest BCUT2D eigenvalue weighted by Gasteiger charge is 2.24. The molecular formula is C25H26ClFN4O3. The fourth-order valence-corrected chi connectivity index (χ4v) is 4.38. The van der Waals surface area contributed by atoms with Crippen molar-refractivity contribution in [3.8, 4) is 0 Å². The molecule has 2 N–H and O–H groups in total. The zero-order chi connectivity index (χ0) is 24.1. The smallest absolute Gasteiger partial charge is 0.223 e. The maximum atomic E-state index is 13.3. The molecule has 1 aliphatic heterocycles. The third kappa shape index (κ3) is 5.99. The summed E-state index contributed by atoms with van der Waals surface area (Å²) in [5.74, 6) is -1.29. The van der Waals surface area contributed by atoms with Crippen molar-refractivity contribution in [2.75, 3.05) is 19.6 Å². The van der Waals surface area contributed by atoms with Crippen molar-refractivity contribution in [1.82, 2.24) is 20.2 Å². The molecule has 1 saturated heterocycles. The van der Waals surface area contributed by atoms with E-state index in [1.165, 1.54) is 12.1 Å². The quantitative estimate of drug-likeness (QED) is 0.259. The molecule has 0 aliphatic carbocycles. The first kappa shape index (κ1) is 23.9. The molecule has 1 atom stereocenters. The number of ketones is 1. The van der Waals surface area contributed by atoms with Crippen LogP contribution in [0.4, 0.5) is 4.39 Å². The van der Waals surface area contributed by atoms with E-state index >= 15 is 0 Å². The number of hydrogen-bond donors (Lipinski definition) is 2. The zero-order valence-corrected chi connectivity index (χ0v) is 19.4. The van der Waals surface area contributed by atoms with E-state index in [0.717, 1.165) is 23.9 Å². The van der Waals surface area contributed by atoms with Gasteiger partial charge in [0.25, 0.3) is 0 Å². The van der Waals surface area contributed by atoms with Crippen LogP contribution in [0.1, 0.15) is 41.7 Å². The molecule has 0 bridgehead atoms. The van der Waals surface area contributed by atoms with Gasteiger partial charge in [0.05, 0.1) is 17.4 Å². The number of amides is 2. The van der Waals surface area contributed by atoms with Gasteiger partial charge < -0.3 is 15.2 Å². The van der Waals surface area contributed by atoms with E-state index < -0.39 is 5.92 Å². The Bertz CT molecular complexity index is 1190. The predicted molar refractivity (Wildman–Crippen MR) is 127 cm³/mol. The van der Waals surface area contributed by atoms with Crippen LogP contribution in [0.25, 0.3) is 10.9 Å². The summed E-state index contributed by atoms with van der Waals surface area (Å²) >= 11 is 5.93. The van der Waals surface area contributed by atoms with E-state index in [-0.39, 0.29) is 29.8 Å². The molecule has 1 fully saturated rings. The first-order chi connectivity index (χ1) is 16.4. The van der Waals surface area contributed by atoms with Crippen molar-refractivity contribution in [1.29, 1.82) is 0 Å². The van der Waals surface area contributed by atoms with Crippen LogP contribution in [0, 0.1) is 11.7 Å². The highest BCUT2D eigenvalue weighted by atomic mass is 35.5. The minimum Gasteiger partial charge on any atom is -0.356 e. The van der Waals surface area contributed by atoms with Gasteiger partial charge in [-0.2, -0.15) is 0 Å². The lowest BCUT2D eigenvalue weighted by Gasteiger charge is -2.18. The molecule has 0 radical (unpaired) electrons. The van der Waals surface area contributed by atoms with Crippen molar-refractivity contribution >= 4 is 40.1 Å². The Kier molecular flexibility index (Phi) is 7.57. The van der Waals surface area contributed by atoms with E-state index in [4.69, 9.17) is 11.6 Å². The number of carbonyl (C=O) groups is 3. The van der Waals surface area contributed by atoms with Crippen LogP contribution in [-0.4, -0.2) is 52.1 Å². The number of aromatic amines is 1. The summed E-state index contributed by atoms with van der Waals surface area (Å²) in [5.41, 5.74) is 1.83. The summed E-state index contributed by atoms with van der Waals surface area (Å²) in [6, 6.07) is 9.29. The Labute approximate surface area is 201 Å². The van der Waals surface area contributed by atoms with E-state index in [1.807, 2.05) is 4.90 Å². The number of hydrogen-bond acceptors (Lipinski definition) is 4. The minimum atomic E-state index is -0.625. The van der Waals surface area contributed by atoms with E-state index in [0.29, 0.717) is 48.7 Å². The number of nitrogens with one attached hydrogen (secondary N) is 2. The molecule has 178 valence electrons. The molecule has 0 spiro atoms. The Morgan fingerprint density at radius 3 is 2.76 bits per heavy atom. The number of H-pyrrole nitrogens is 1. The van der Waals surface area contributed by atoms with Crippen molar-refractivity contribution in [3.63, 3.8) is 0 Å². The van der Waals surface area contributed by atoms with Crippen molar-refractivity contribution < 1.29 is 18.8 Å². The van der Waals surface area contributed by atoms with Crippen molar-refractivity contribution in [3.05, 3.63) is 64.8 Å². The molecule has 4 rings (SSSR count). The molecule has 3 aromatic rings. The molecule has 1 aromatic carbocycles. The average molecular weight is 485 g/mol. The second kappa shape index (κ2) is 10.8. The average Bonchev–Trinajstić information content (AvgIpc) is 3.43. The lowest BCUT2D eigenvalue weighted by atomic mass is 9.92. The number of Topliss-reactive ketones (excluding diaryl/α,β-unsaturated/α-hetero) is 1. The molecule has 0 saturated carbocycles. The van der Waals surface area contributed by atoms with Gasteiger partial charge >= 0.3 is 0 Å². The minimum absolute atomic E-state index is 0.0121. The first-order valence-corrected chi connectivity index (χ1v) is 11.7. The van der Waals surface area contributed by atoms with Gasteiger partial charge in [-0.15, -0.1) is 0 Å². The maximum absolute atomic E-state index is 13.3. The largest absolute Gasteiger partial charge is 0.356 e. The summed E-state index contributed by atoms with van der Waals surface area (Å²) in [6.45, 7) is 1.78. The number of likely N-dealkylation sites (tertiary alicyclic amines) is 1. The van der Waals surface area contributed by atoms with Crippen LogP contribution in [0.15, 0.2) is 42.6 Å². The van der Waals surface area contributed by atoms with Crippen LogP contribution >= 0.6 is 11.6 Å². The second-order valence-corrected chi connectivity index (χ2v) is 8.95. The van der Waals surface area contributed by atoms with Gasteiger partial charge in [-0.25, -0.2) is 9.37 Å². The van der Waals surface area contributed by atoms with E-state index in [2.05, 4.69) is 15.3 Å². The van der Waals surface area contributed by atoms with Crippen LogP contribution < -0.4 is 5.32 Å². The number of fused-ring (bicyclic) bond motifs is 1. The van der Waals surface area contributed by atoms with Gasteiger partial charge in [-0.1, -0.05) is 23.7 Å². The van der Waals surface area contributed by atoms with Gasteiger partial charge in [0.2, 0.25) is 11.8 Å². The second-order valence-electron chi connectivity index (χ2n) is 8.56. The number of rotatable bonds is 10. The first-order valence-electron chi connectivity index (χ1n) is 11.4. The Morgan fingerprint density at radius 2 is 2.03 bits per heavy atom.